The molecule has 0 spiro atoms. The Morgan fingerprint density at radius 2 is 1.93 bits per heavy atom. The molecule has 29 heavy (non-hydrogen) atoms. The molecule has 0 amide bonds. The van der Waals surface area contributed by atoms with Crippen LogP contribution in [-0.2, 0) is 16.4 Å². The minimum Gasteiger partial charge on any atom is -0.355 e. The Morgan fingerprint density at radius 1 is 1.21 bits per heavy atom. The van der Waals surface area contributed by atoms with Crippen molar-refractivity contribution in [2.45, 2.75) is 50.4 Å². The summed E-state index contributed by atoms with van der Waals surface area (Å²) in [6.45, 7) is 7.53. The Hall–Kier alpha value is -0.870. The van der Waals surface area contributed by atoms with Crippen molar-refractivity contribution in [2.24, 2.45) is 4.99 Å². The van der Waals surface area contributed by atoms with Gasteiger partial charge < -0.3 is 10.2 Å². The lowest BCUT2D eigenvalue weighted by Crippen LogP contribution is -2.58. The monoisotopic (exact) mass is 534 g/mol. The molecule has 2 saturated heterocycles. The molecule has 6 nitrogen and oxygen atoms in total. The topological polar surface area (TPSA) is 65.0 Å². The van der Waals surface area contributed by atoms with Gasteiger partial charge in [-0.1, -0.05) is 36.8 Å². The van der Waals surface area contributed by atoms with Crippen molar-refractivity contribution in [1.82, 2.24) is 15.1 Å². The lowest BCUT2D eigenvalue weighted by molar-refractivity contribution is 0.140. The van der Waals surface area contributed by atoms with E-state index < -0.39 is 14.6 Å². The van der Waals surface area contributed by atoms with E-state index in [2.05, 4.69) is 50.4 Å². The molecule has 0 aliphatic carbocycles. The van der Waals surface area contributed by atoms with Gasteiger partial charge in [0.15, 0.2) is 15.8 Å². The molecule has 0 aromatic heterocycles. The number of sulfone groups is 1. The highest BCUT2D eigenvalue weighted by Gasteiger charge is 2.41. The van der Waals surface area contributed by atoms with Gasteiger partial charge in [0.05, 0.1) is 10.5 Å². The maximum absolute atomic E-state index is 12.3. The number of likely N-dealkylation sites (tertiary alicyclic amines) is 1. The van der Waals surface area contributed by atoms with E-state index in [9.17, 15) is 8.42 Å². The highest BCUT2D eigenvalue weighted by Crippen LogP contribution is 2.24. The summed E-state index contributed by atoms with van der Waals surface area (Å²) in [5, 5.41) is 3.53. The third-order valence-corrected chi connectivity index (χ3v) is 8.56. The van der Waals surface area contributed by atoms with Crippen LogP contribution in [0.2, 0.25) is 0 Å². The Bertz CT molecular complexity index is 783. The number of benzene rings is 1. The van der Waals surface area contributed by atoms with Gasteiger partial charge in [-0.3, -0.25) is 9.89 Å². The molecule has 2 heterocycles. The first-order chi connectivity index (χ1) is 13.3. The van der Waals surface area contributed by atoms with E-state index in [1.54, 1.807) is 7.05 Å². The van der Waals surface area contributed by atoms with Gasteiger partial charge in [0, 0.05) is 39.3 Å². The molecule has 1 N–H and O–H groups in total. The quantitative estimate of drug-likeness (QED) is 0.366. The normalized spacial score (nSPS) is 24.6. The molecule has 8 heteroatoms. The summed E-state index contributed by atoms with van der Waals surface area (Å²) in [6, 6.07) is 11.1. The first kappa shape index (κ1) is 24.4. The minimum atomic E-state index is -3.05. The van der Waals surface area contributed by atoms with Crippen LogP contribution in [0.4, 0.5) is 0 Å². The third kappa shape index (κ3) is 6.07. The Balaban J connectivity index is 0.00000300. The summed E-state index contributed by atoms with van der Waals surface area (Å²) in [5.74, 6) is 0.998. The van der Waals surface area contributed by atoms with Gasteiger partial charge in [-0.25, -0.2) is 8.42 Å². The SMILES string of the molecule is CN=C(NCC1CCCCN1Cc1ccccc1)N1CCS(=O)(=O)C(C)(C)C1.I. The number of halogens is 1. The van der Waals surface area contributed by atoms with E-state index >= 15 is 0 Å². The second kappa shape index (κ2) is 10.4. The van der Waals surface area contributed by atoms with Crippen LogP contribution in [0.25, 0.3) is 0 Å². The molecule has 164 valence electrons. The van der Waals surface area contributed by atoms with Crippen molar-refractivity contribution < 1.29 is 8.42 Å². The minimum absolute atomic E-state index is 0. The summed E-state index contributed by atoms with van der Waals surface area (Å²) >= 11 is 0. The molecule has 2 fully saturated rings. The Morgan fingerprint density at radius 3 is 2.59 bits per heavy atom. The second-order valence-electron chi connectivity index (χ2n) is 8.53. The van der Waals surface area contributed by atoms with Crippen molar-refractivity contribution in [3.8, 4) is 0 Å². The molecule has 0 saturated carbocycles. The summed E-state index contributed by atoms with van der Waals surface area (Å²) in [5.41, 5.74) is 1.35. The van der Waals surface area contributed by atoms with E-state index in [0.717, 1.165) is 25.6 Å². The molecule has 3 rings (SSSR count). The number of nitrogens with one attached hydrogen (secondary N) is 1. The van der Waals surface area contributed by atoms with E-state index in [1.165, 1.54) is 24.8 Å². The van der Waals surface area contributed by atoms with Crippen LogP contribution >= 0.6 is 24.0 Å². The summed E-state index contributed by atoms with van der Waals surface area (Å²) in [6.07, 6.45) is 3.68. The Kier molecular flexibility index (Phi) is 8.78. The Labute approximate surface area is 193 Å². The lowest BCUT2D eigenvalue weighted by atomic mass is 10.0. The van der Waals surface area contributed by atoms with Gasteiger partial charge in [-0.05, 0) is 38.8 Å². The molecular formula is C21H35IN4O2S. The largest absolute Gasteiger partial charge is 0.355 e. The van der Waals surface area contributed by atoms with Gasteiger partial charge in [-0.15, -0.1) is 24.0 Å². The fourth-order valence-electron chi connectivity index (χ4n) is 4.18. The average molecular weight is 535 g/mol. The summed E-state index contributed by atoms with van der Waals surface area (Å²) < 4.78 is 23.8. The highest BCUT2D eigenvalue weighted by atomic mass is 127. The zero-order valence-corrected chi connectivity index (χ0v) is 20.9. The number of hydrogen-bond donors (Lipinski definition) is 1. The number of aliphatic imine (C=N–C) groups is 1. The molecule has 1 unspecified atom stereocenters. The summed E-state index contributed by atoms with van der Waals surface area (Å²) in [4.78, 5) is 9.08. The van der Waals surface area contributed by atoms with Crippen LogP contribution in [0.1, 0.15) is 38.7 Å². The van der Waals surface area contributed by atoms with Crippen LogP contribution in [0.5, 0.6) is 0 Å². The van der Waals surface area contributed by atoms with Crippen molar-refractivity contribution in [3.63, 3.8) is 0 Å². The van der Waals surface area contributed by atoms with Crippen LogP contribution in [-0.4, -0.2) is 73.9 Å². The lowest BCUT2D eigenvalue weighted by Gasteiger charge is -2.40. The van der Waals surface area contributed by atoms with Gasteiger partial charge >= 0.3 is 0 Å². The van der Waals surface area contributed by atoms with Gasteiger partial charge in [0.1, 0.15) is 0 Å². The number of nitrogens with zero attached hydrogens (tertiary/aromatic N) is 3. The van der Waals surface area contributed by atoms with E-state index in [0.29, 0.717) is 19.1 Å². The average Bonchev–Trinajstić information content (AvgIpc) is 2.67. The molecule has 2 aliphatic heterocycles. The number of hydrogen-bond acceptors (Lipinski definition) is 4. The second-order valence-corrected chi connectivity index (χ2v) is 11.3. The highest BCUT2D eigenvalue weighted by molar-refractivity contribution is 14.0. The molecule has 2 aliphatic rings. The third-order valence-electron chi connectivity index (χ3n) is 6.03. The number of rotatable bonds is 4. The van der Waals surface area contributed by atoms with Crippen molar-refractivity contribution in [3.05, 3.63) is 35.9 Å². The van der Waals surface area contributed by atoms with Crippen LogP contribution < -0.4 is 5.32 Å². The standard InChI is InChI=1S/C21H34N4O2S.HI/c1-21(2)17-25(13-14-28(21,26)27)20(22-3)23-15-19-11-7-8-12-24(19)16-18-9-5-4-6-10-18;/h4-6,9-10,19H,7-8,11-17H2,1-3H3,(H,22,23);1H. The van der Waals surface area contributed by atoms with Crippen LogP contribution in [0.15, 0.2) is 35.3 Å². The molecule has 0 radical (unpaired) electrons. The molecule has 1 aromatic carbocycles. The molecule has 1 atom stereocenters. The number of piperidine rings is 1. The maximum atomic E-state index is 12.3. The van der Waals surface area contributed by atoms with Crippen molar-refractivity contribution in [2.75, 3.05) is 39.0 Å². The fourth-order valence-corrected chi connectivity index (χ4v) is 5.55. The first-order valence-corrected chi connectivity index (χ1v) is 11.9. The predicted molar refractivity (Wildman–Crippen MR) is 131 cm³/mol. The van der Waals surface area contributed by atoms with Crippen molar-refractivity contribution >= 4 is 39.8 Å². The molecular weight excluding hydrogens is 499 g/mol. The first-order valence-electron chi connectivity index (χ1n) is 10.3. The predicted octanol–water partition coefficient (Wildman–Crippen LogP) is 2.74. The fraction of sp³-hybridized carbons (Fsp3) is 0.667. The van der Waals surface area contributed by atoms with Crippen LogP contribution in [0.3, 0.4) is 0 Å². The zero-order valence-electron chi connectivity index (χ0n) is 17.8. The van der Waals surface area contributed by atoms with Gasteiger partial charge in [0.2, 0.25) is 0 Å². The summed E-state index contributed by atoms with van der Waals surface area (Å²) in [7, 11) is -1.27. The van der Waals surface area contributed by atoms with Crippen molar-refractivity contribution in [1.29, 1.82) is 0 Å². The smallest absolute Gasteiger partial charge is 0.193 e. The van der Waals surface area contributed by atoms with Gasteiger partial charge in [-0.2, -0.15) is 0 Å². The molecule has 1 aromatic rings. The molecule has 0 bridgehead atoms. The van der Waals surface area contributed by atoms with Gasteiger partial charge in [0.25, 0.3) is 0 Å². The van der Waals surface area contributed by atoms with E-state index in [-0.39, 0.29) is 29.7 Å². The van der Waals surface area contributed by atoms with E-state index in [4.69, 9.17) is 0 Å². The van der Waals surface area contributed by atoms with Crippen LogP contribution in [0, 0.1) is 0 Å². The number of guanidine groups is 1. The maximum Gasteiger partial charge on any atom is 0.193 e. The van der Waals surface area contributed by atoms with E-state index in [1.807, 2.05) is 13.8 Å². The zero-order chi connectivity index (χ0) is 20.2.